The van der Waals surface area contributed by atoms with Gasteiger partial charge >= 0.3 is 5.69 Å². The number of H-pyrrole nitrogens is 1. The van der Waals surface area contributed by atoms with E-state index in [1.165, 1.54) is 0 Å². The first-order valence-corrected chi connectivity index (χ1v) is 6.43. The molecule has 0 amide bonds. The number of hydrogen-bond donors (Lipinski definition) is 2. The Bertz CT molecular complexity index is 613. The summed E-state index contributed by atoms with van der Waals surface area (Å²) in [5.74, 6) is 0.639. The van der Waals surface area contributed by atoms with Crippen LogP contribution in [-0.2, 0) is 0 Å². The Hall–Kier alpha value is -2.71. The maximum atomic E-state index is 11.3. The molecule has 1 aromatic carbocycles. The summed E-state index contributed by atoms with van der Waals surface area (Å²) in [4.78, 5) is 10.9. The van der Waals surface area contributed by atoms with Crippen molar-refractivity contribution < 1.29 is 9.66 Å². The predicted molar refractivity (Wildman–Crippen MR) is 75.1 cm³/mol. The predicted octanol–water partition coefficient (Wildman–Crippen LogP) is 2.07. The van der Waals surface area contributed by atoms with Gasteiger partial charge in [-0.05, 0) is 32.9 Å². The number of nitrogens with zero attached hydrogens (tertiary/aromatic N) is 4. The van der Waals surface area contributed by atoms with E-state index in [2.05, 4.69) is 25.9 Å². The first kappa shape index (κ1) is 14.7. The summed E-state index contributed by atoms with van der Waals surface area (Å²) in [6.45, 7) is 5.40. The smallest absolute Gasteiger partial charge is 0.333 e. The summed E-state index contributed by atoms with van der Waals surface area (Å²) in [6.07, 6.45) is -0.159. The van der Waals surface area contributed by atoms with E-state index in [0.29, 0.717) is 11.5 Å². The molecule has 0 radical (unpaired) electrons. The average molecular weight is 292 g/mol. The molecular formula is C12H16N6O3. The van der Waals surface area contributed by atoms with Gasteiger partial charge in [-0.3, -0.25) is 10.1 Å². The molecule has 1 heterocycles. The zero-order valence-electron chi connectivity index (χ0n) is 11.9. The number of aromatic nitrogens is 4. The Kier molecular flexibility index (Phi) is 4.31. The summed E-state index contributed by atoms with van der Waals surface area (Å²) in [5, 5.41) is 27.8. The molecule has 0 saturated heterocycles. The van der Waals surface area contributed by atoms with Crippen LogP contribution in [0.25, 0.3) is 0 Å². The van der Waals surface area contributed by atoms with Crippen molar-refractivity contribution in [1.82, 2.24) is 20.6 Å². The third kappa shape index (κ3) is 3.44. The van der Waals surface area contributed by atoms with Crippen LogP contribution in [0.5, 0.6) is 5.75 Å². The van der Waals surface area contributed by atoms with Crippen LogP contribution in [0.2, 0.25) is 0 Å². The van der Waals surface area contributed by atoms with Gasteiger partial charge in [0.1, 0.15) is 5.69 Å². The third-order valence-corrected chi connectivity index (χ3v) is 2.67. The SMILES string of the molecule is CC(C)Oc1cccc(NC(C)c2nn[nH]n2)c1[N+](=O)[O-]. The zero-order valence-corrected chi connectivity index (χ0v) is 11.9. The molecule has 112 valence electrons. The van der Waals surface area contributed by atoms with Crippen molar-refractivity contribution >= 4 is 11.4 Å². The molecule has 9 heteroatoms. The average Bonchev–Trinajstić information content (AvgIpc) is 2.91. The highest BCUT2D eigenvalue weighted by Crippen LogP contribution is 2.36. The number of rotatable bonds is 6. The highest BCUT2D eigenvalue weighted by atomic mass is 16.6. The largest absolute Gasteiger partial charge is 0.484 e. The van der Waals surface area contributed by atoms with Gasteiger partial charge in [-0.2, -0.15) is 5.21 Å². The second-order valence-corrected chi connectivity index (χ2v) is 4.71. The Morgan fingerprint density at radius 2 is 2.14 bits per heavy atom. The van der Waals surface area contributed by atoms with Gasteiger partial charge in [0.2, 0.25) is 0 Å². The van der Waals surface area contributed by atoms with Crippen LogP contribution < -0.4 is 10.1 Å². The fourth-order valence-corrected chi connectivity index (χ4v) is 1.83. The molecule has 0 spiro atoms. The third-order valence-electron chi connectivity index (χ3n) is 2.67. The molecule has 1 aromatic heterocycles. The van der Waals surface area contributed by atoms with Gasteiger partial charge in [0.05, 0.1) is 17.1 Å². The number of ether oxygens (including phenoxy) is 1. The lowest BCUT2D eigenvalue weighted by Gasteiger charge is -2.15. The van der Waals surface area contributed by atoms with Crippen molar-refractivity contribution in [1.29, 1.82) is 0 Å². The second-order valence-electron chi connectivity index (χ2n) is 4.71. The fourth-order valence-electron chi connectivity index (χ4n) is 1.83. The second kappa shape index (κ2) is 6.16. The molecule has 2 rings (SSSR count). The monoisotopic (exact) mass is 292 g/mol. The van der Waals surface area contributed by atoms with Crippen LogP contribution >= 0.6 is 0 Å². The lowest BCUT2D eigenvalue weighted by molar-refractivity contribution is -0.385. The molecule has 0 bridgehead atoms. The van der Waals surface area contributed by atoms with Crippen LogP contribution in [0.15, 0.2) is 18.2 Å². The van der Waals surface area contributed by atoms with Gasteiger partial charge in [-0.15, -0.1) is 10.2 Å². The minimum atomic E-state index is -0.469. The van der Waals surface area contributed by atoms with Gasteiger partial charge in [-0.25, -0.2) is 0 Å². The Labute approximate surface area is 120 Å². The molecule has 0 saturated carbocycles. The van der Waals surface area contributed by atoms with Crippen LogP contribution in [-0.4, -0.2) is 31.7 Å². The summed E-state index contributed by atoms with van der Waals surface area (Å²) >= 11 is 0. The first-order chi connectivity index (χ1) is 9.99. The molecule has 0 aliphatic heterocycles. The van der Waals surface area contributed by atoms with Gasteiger partial charge in [0.15, 0.2) is 11.6 Å². The van der Waals surface area contributed by atoms with Crippen molar-refractivity contribution in [3.8, 4) is 5.75 Å². The summed E-state index contributed by atoms with van der Waals surface area (Å²) in [5.41, 5.74) is 0.233. The Morgan fingerprint density at radius 3 is 2.71 bits per heavy atom. The van der Waals surface area contributed by atoms with Crippen molar-refractivity contribution in [3.63, 3.8) is 0 Å². The van der Waals surface area contributed by atoms with E-state index in [4.69, 9.17) is 4.74 Å². The summed E-state index contributed by atoms with van der Waals surface area (Å²) < 4.78 is 5.49. The maximum absolute atomic E-state index is 11.3. The minimum Gasteiger partial charge on any atom is -0.484 e. The molecule has 0 aliphatic rings. The standard InChI is InChI=1S/C12H16N6O3/c1-7(2)21-10-6-4-5-9(11(10)18(19)20)13-8(3)12-14-16-17-15-12/h4-8,13H,1-3H3,(H,14,15,16,17). The van der Waals surface area contributed by atoms with Gasteiger partial charge < -0.3 is 10.1 Å². The number of hydrogen-bond acceptors (Lipinski definition) is 7. The summed E-state index contributed by atoms with van der Waals surface area (Å²) in [6, 6.07) is 4.54. The lowest BCUT2D eigenvalue weighted by Crippen LogP contribution is -2.12. The van der Waals surface area contributed by atoms with Crippen LogP contribution in [0.1, 0.15) is 32.6 Å². The number of para-hydroxylation sites is 1. The van der Waals surface area contributed by atoms with Gasteiger partial charge in [0, 0.05) is 0 Å². The lowest BCUT2D eigenvalue weighted by atomic mass is 10.2. The quantitative estimate of drug-likeness (QED) is 0.617. The van der Waals surface area contributed by atoms with E-state index in [9.17, 15) is 10.1 Å². The molecule has 0 aliphatic carbocycles. The van der Waals surface area contributed by atoms with E-state index in [-0.39, 0.29) is 23.6 Å². The highest BCUT2D eigenvalue weighted by Gasteiger charge is 2.23. The number of tetrazole rings is 1. The van der Waals surface area contributed by atoms with Crippen LogP contribution in [0, 0.1) is 10.1 Å². The first-order valence-electron chi connectivity index (χ1n) is 6.43. The Morgan fingerprint density at radius 1 is 1.38 bits per heavy atom. The van der Waals surface area contributed by atoms with E-state index < -0.39 is 4.92 Å². The molecule has 1 unspecified atom stereocenters. The highest BCUT2D eigenvalue weighted by molar-refractivity contribution is 5.68. The number of nitro benzene ring substituents is 1. The number of aromatic amines is 1. The van der Waals surface area contributed by atoms with E-state index >= 15 is 0 Å². The molecular weight excluding hydrogens is 276 g/mol. The maximum Gasteiger partial charge on any atom is 0.333 e. The molecule has 0 fully saturated rings. The molecule has 21 heavy (non-hydrogen) atoms. The fraction of sp³-hybridized carbons (Fsp3) is 0.417. The van der Waals surface area contributed by atoms with Gasteiger partial charge in [0.25, 0.3) is 0 Å². The number of nitro groups is 1. The number of anilines is 1. The zero-order chi connectivity index (χ0) is 15.4. The van der Waals surface area contributed by atoms with Crippen molar-refractivity contribution in [3.05, 3.63) is 34.1 Å². The van der Waals surface area contributed by atoms with Crippen LogP contribution in [0.4, 0.5) is 11.4 Å². The van der Waals surface area contributed by atoms with E-state index in [1.54, 1.807) is 25.1 Å². The number of benzene rings is 1. The van der Waals surface area contributed by atoms with E-state index in [0.717, 1.165) is 0 Å². The van der Waals surface area contributed by atoms with E-state index in [1.807, 2.05) is 13.8 Å². The number of nitrogens with one attached hydrogen (secondary N) is 2. The van der Waals surface area contributed by atoms with Crippen molar-refractivity contribution in [2.45, 2.75) is 32.9 Å². The van der Waals surface area contributed by atoms with Crippen LogP contribution in [0.3, 0.4) is 0 Å². The van der Waals surface area contributed by atoms with Gasteiger partial charge in [-0.1, -0.05) is 11.3 Å². The molecule has 2 aromatic rings. The minimum absolute atomic E-state index is 0.110. The topological polar surface area (TPSA) is 119 Å². The summed E-state index contributed by atoms with van der Waals surface area (Å²) in [7, 11) is 0. The van der Waals surface area contributed by atoms with Crippen molar-refractivity contribution in [2.75, 3.05) is 5.32 Å². The molecule has 2 N–H and O–H groups in total. The van der Waals surface area contributed by atoms with Crippen molar-refractivity contribution in [2.24, 2.45) is 0 Å². The normalized spacial score (nSPS) is 12.2. The molecule has 1 atom stereocenters. The Balaban J connectivity index is 2.32. The molecule has 9 nitrogen and oxygen atoms in total.